The summed E-state index contributed by atoms with van der Waals surface area (Å²) in [6, 6.07) is 6.03. The van der Waals surface area contributed by atoms with Gasteiger partial charge in [-0.1, -0.05) is 25.5 Å². The molecule has 0 amide bonds. The van der Waals surface area contributed by atoms with Crippen molar-refractivity contribution in [1.29, 1.82) is 0 Å². The van der Waals surface area contributed by atoms with Gasteiger partial charge < -0.3 is 14.5 Å². The monoisotopic (exact) mass is 288 g/mol. The zero-order valence-corrected chi connectivity index (χ0v) is 13.3. The fourth-order valence-corrected chi connectivity index (χ4v) is 2.15. The molecule has 0 bridgehead atoms. The molecule has 0 saturated carbocycles. The number of aromatic nitrogens is 1. The van der Waals surface area contributed by atoms with Crippen LogP contribution in [0.2, 0.25) is 0 Å². The van der Waals surface area contributed by atoms with Crippen LogP contribution in [0.5, 0.6) is 5.75 Å². The van der Waals surface area contributed by atoms with Gasteiger partial charge in [-0.15, -0.1) is 0 Å². The molecule has 1 heterocycles. The van der Waals surface area contributed by atoms with Crippen molar-refractivity contribution in [3.63, 3.8) is 0 Å². The van der Waals surface area contributed by atoms with E-state index in [9.17, 15) is 0 Å². The van der Waals surface area contributed by atoms with Crippen LogP contribution in [-0.2, 0) is 6.42 Å². The molecule has 0 radical (unpaired) electrons. The maximum Gasteiger partial charge on any atom is 0.196 e. The van der Waals surface area contributed by atoms with Gasteiger partial charge in [0.05, 0.1) is 18.9 Å². The molecule has 0 saturated heterocycles. The lowest BCUT2D eigenvalue weighted by molar-refractivity contribution is 0.413. The molecule has 2 aromatic rings. The van der Waals surface area contributed by atoms with E-state index in [0.717, 1.165) is 42.5 Å². The summed E-state index contributed by atoms with van der Waals surface area (Å²) < 4.78 is 11.2. The molecule has 0 fully saturated rings. The van der Waals surface area contributed by atoms with Gasteiger partial charge in [0.2, 0.25) is 0 Å². The van der Waals surface area contributed by atoms with E-state index in [2.05, 4.69) is 37.1 Å². The highest BCUT2D eigenvalue weighted by atomic mass is 16.5. The van der Waals surface area contributed by atoms with Crippen molar-refractivity contribution in [2.45, 2.75) is 27.2 Å². The Balaban J connectivity index is 2.04. The lowest BCUT2D eigenvalue weighted by Crippen LogP contribution is -2.22. The first kappa shape index (κ1) is 15.6. The zero-order valence-electron chi connectivity index (χ0n) is 13.3. The van der Waals surface area contributed by atoms with Crippen LogP contribution in [0.25, 0.3) is 11.3 Å². The molecule has 0 unspecified atom stereocenters. The summed E-state index contributed by atoms with van der Waals surface area (Å²) >= 11 is 0. The summed E-state index contributed by atoms with van der Waals surface area (Å²) in [7, 11) is 1.67. The fraction of sp³-hybridized carbons (Fsp3) is 0.471. The SMILES string of the molecule is COc1ccc(C)cc1-c1cnc(CCNCC(C)C)o1. The van der Waals surface area contributed by atoms with E-state index in [0.29, 0.717) is 5.92 Å². The van der Waals surface area contributed by atoms with Crippen molar-refractivity contribution in [1.82, 2.24) is 10.3 Å². The van der Waals surface area contributed by atoms with Crippen LogP contribution < -0.4 is 10.1 Å². The Hall–Kier alpha value is -1.81. The molecule has 0 atom stereocenters. The summed E-state index contributed by atoms with van der Waals surface area (Å²) in [6.07, 6.45) is 2.57. The van der Waals surface area contributed by atoms with Gasteiger partial charge in [-0.3, -0.25) is 0 Å². The quantitative estimate of drug-likeness (QED) is 0.793. The third kappa shape index (κ3) is 4.33. The number of nitrogens with one attached hydrogen (secondary N) is 1. The first-order chi connectivity index (χ1) is 10.1. The summed E-state index contributed by atoms with van der Waals surface area (Å²) in [5, 5.41) is 3.39. The lowest BCUT2D eigenvalue weighted by Gasteiger charge is -2.07. The van der Waals surface area contributed by atoms with Crippen molar-refractivity contribution in [2.75, 3.05) is 20.2 Å². The van der Waals surface area contributed by atoms with Gasteiger partial charge >= 0.3 is 0 Å². The first-order valence-electron chi connectivity index (χ1n) is 7.40. The zero-order chi connectivity index (χ0) is 15.2. The molecule has 0 aliphatic heterocycles. The minimum Gasteiger partial charge on any atom is -0.496 e. The molecule has 1 N–H and O–H groups in total. The van der Waals surface area contributed by atoms with E-state index in [1.807, 2.05) is 12.1 Å². The number of methoxy groups -OCH3 is 1. The van der Waals surface area contributed by atoms with E-state index in [1.54, 1.807) is 13.3 Å². The smallest absolute Gasteiger partial charge is 0.196 e. The molecule has 1 aromatic heterocycles. The minimum atomic E-state index is 0.654. The molecule has 1 aromatic carbocycles. The van der Waals surface area contributed by atoms with Crippen LogP contribution in [0, 0.1) is 12.8 Å². The van der Waals surface area contributed by atoms with E-state index in [1.165, 1.54) is 5.56 Å². The standard InChI is InChI=1S/C17H24N2O2/c1-12(2)10-18-8-7-17-19-11-16(21-17)14-9-13(3)5-6-15(14)20-4/h5-6,9,11-12,18H,7-8,10H2,1-4H3. The van der Waals surface area contributed by atoms with E-state index < -0.39 is 0 Å². The Morgan fingerprint density at radius 3 is 2.86 bits per heavy atom. The Morgan fingerprint density at radius 2 is 2.14 bits per heavy atom. The number of hydrogen-bond donors (Lipinski definition) is 1. The third-order valence-corrected chi connectivity index (χ3v) is 3.24. The summed E-state index contributed by atoms with van der Waals surface area (Å²) in [5.74, 6) is 2.97. The average Bonchev–Trinajstić information content (AvgIpc) is 2.92. The molecule has 0 spiro atoms. The average molecular weight is 288 g/mol. The molecule has 0 aliphatic rings. The number of nitrogens with zero attached hydrogens (tertiary/aromatic N) is 1. The molecular weight excluding hydrogens is 264 g/mol. The number of hydrogen-bond acceptors (Lipinski definition) is 4. The van der Waals surface area contributed by atoms with Crippen LogP contribution in [0.3, 0.4) is 0 Å². The molecule has 21 heavy (non-hydrogen) atoms. The second-order valence-electron chi connectivity index (χ2n) is 5.67. The third-order valence-electron chi connectivity index (χ3n) is 3.24. The first-order valence-corrected chi connectivity index (χ1v) is 7.40. The molecule has 114 valence electrons. The van der Waals surface area contributed by atoms with Gasteiger partial charge in [0.25, 0.3) is 0 Å². The molecular formula is C17H24N2O2. The molecule has 4 nitrogen and oxygen atoms in total. The second kappa shape index (κ2) is 7.27. The summed E-state index contributed by atoms with van der Waals surface area (Å²) in [4.78, 5) is 4.35. The van der Waals surface area contributed by atoms with Crippen LogP contribution in [0.15, 0.2) is 28.8 Å². The maximum atomic E-state index is 5.84. The highest BCUT2D eigenvalue weighted by Crippen LogP contribution is 2.31. The predicted octanol–water partition coefficient (Wildman–Crippen LogP) is 3.45. The van der Waals surface area contributed by atoms with Gasteiger partial charge in [-0.2, -0.15) is 0 Å². The van der Waals surface area contributed by atoms with E-state index >= 15 is 0 Å². The van der Waals surface area contributed by atoms with Gasteiger partial charge in [-0.05, 0) is 31.5 Å². The van der Waals surface area contributed by atoms with Crippen LogP contribution in [-0.4, -0.2) is 25.2 Å². The van der Waals surface area contributed by atoms with E-state index in [4.69, 9.17) is 9.15 Å². The Labute approximate surface area is 126 Å². The van der Waals surface area contributed by atoms with Crippen molar-refractivity contribution >= 4 is 0 Å². The topological polar surface area (TPSA) is 47.3 Å². The summed E-state index contributed by atoms with van der Waals surface area (Å²) in [5.41, 5.74) is 2.12. The Kier molecular flexibility index (Phi) is 5.39. The number of aryl methyl sites for hydroxylation is 1. The molecule has 4 heteroatoms. The van der Waals surface area contributed by atoms with Crippen molar-refractivity contribution in [2.24, 2.45) is 5.92 Å². The normalized spacial score (nSPS) is 11.1. The highest BCUT2D eigenvalue weighted by Gasteiger charge is 2.11. The summed E-state index contributed by atoms with van der Waals surface area (Å²) in [6.45, 7) is 8.33. The highest BCUT2D eigenvalue weighted by molar-refractivity contribution is 5.66. The van der Waals surface area contributed by atoms with Gasteiger partial charge in [0, 0.05) is 13.0 Å². The molecule has 0 aliphatic carbocycles. The van der Waals surface area contributed by atoms with Crippen molar-refractivity contribution in [3.05, 3.63) is 35.9 Å². The van der Waals surface area contributed by atoms with Crippen LogP contribution in [0.1, 0.15) is 25.3 Å². The van der Waals surface area contributed by atoms with Crippen LogP contribution in [0.4, 0.5) is 0 Å². The number of oxazole rings is 1. The predicted molar refractivity (Wildman–Crippen MR) is 84.6 cm³/mol. The molecule has 2 rings (SSSR count). The Bertz CT molecular complexity index is 576. The minimum absolute atomic E-state index is 0.654. The van der Waals surface area contributed by atoms with Crippen molar-refractivity contribution in [3.8, 4) is 17.1 Å². The van der Waals surface area contributed by atoms with Crippen LogP contribution >= 0.6 is 0 Å². The van der Waals surface area contributed by atoms with E-state index in [-0.39, 0.29) is 0 Å². The maximum absolute atomic E-state index is 5.84. The van der Waals surface area contributed by atoms with Gasteiger partial charge in [0.15, 0.2) is 11.7 Å². The van der Waals surface area contributed by atoms with Crippen molar-refractivity contribution < 1.29 is 9.15 Å². The van der Waals surface area contributed by atoms with Gasteiger partial charge in [-0.25, -0.2) is 4.98 Å². The largest absolute Gasteiger partial charge is 0.496 e. The Morgan fingerprint density at radius 1 is 1.33 bits per heavy atom. The second-order valence-corrected chi connectivity index (χ2v) is 5.67. The number of rotatable bonds is 7. The van der Waals surface area contributed by atoms with Gasteiger partial charge in [0.1, 0.15) is 5.75 Å². The lowest BCUT2D eigenvalue weighted by atomic mass is 10.1. The number of ether oxygens (including phenoxy) is 1. The number of benzene rings is 1. The fourth-order valence-electron chi connectivity index (χ4n) is 2.15.